The van der Waals surface area contributed by atoms with Gasteiger partial charge >= 0.3 is 0 Å². The molecule has 2 nitrogen and oxygen atoms in total. The zero-order valence-corrected chi connectivity index (χ0v) is 12.2. The molecule has 0 aliphatic carbocycles. The number of nitrogens with one attached hydrogen (secondary N) is 1. The lowest BCUT2D eigenvalue weighted by atomic mass is 10.0. The van der Waals surface area contributed by atoms with Crippen molar-refractivity contribution in [1.82, 2.24) is 4.90 Å². The molecule has 0 aromatic heterocycles. The molecule has 1 N–H and O–H groups in total. The van der Waals surface area contributed by atoms with E-state index in [0.29, 0.717) is 0 Å². The zero-order valence-electron chi connectivity index (χ0n) is 12.2. The lowest BCUT2D eigenvalue weighted by Crippen LogP contribution is -2.28. The monoisotopic (exact) mass is 284 g/mol. The molecule has 110 valence electrons. The number of aryl methyl sites for hydroxylation is 1. The van der Waals surface area contributed by atoms with Gasteiger partial charge in [-0.1, -0.05) is 24.3 Å². The smallest absolute Gasteiger partial charge is 0.123 e. The highest BCUT2D eigenvalue weighted by atomic mass is 19.1. The fourth-order valence-corrected chi connectivity index (χ4v) is 2.89. The number of hydrogen-bond acceptors (Lipinski definition) is 2. The molecular weight excluding hydrogens is 263 g/mol. The molecule has 0 fully saturated rings. The highest BCUT2D eigenvalue weighted by Gasteiger charge is 2.13. The Bertz CT molecular complexity index is 580. The van der Waals surface area contributed by atoms with Gasteiger partial charge in [-0.2, -0.15) is 0 Å². The SMILES string of the molecule is Fc1ccc(NCCN2CCCc3ccccc3C2)cc1. The van der Waals surface area contributed by atoms with Gasteiger partial charge in [0.25, 0.3) is 0 Å². The van der Waals surface area contributed by atoms with E-state index in [1.807, 2.05) is 0 Å². The number of rotatable bonds is 4. The first-order chi connectivity index (χ1) is 10.3. The van der Waals surface area contributed by atoms with Crippen LogP contribution in [0.3, 0.4) is 0 Å². The fraction of sp³-hybridized carbons (Fsp3) is 0.333. The van der Waals surface area contributed by atoms with Crippen molar-refractivity contribution in [3.63, 3.8) is 0 Å². The third kappa shape index (κ3) is 3.82. The predicted octanol–water partition coefficient (Wildman–Crippen LogP) is 3.69. The van der Waals surface area contributed by atoms with Crippen LogP contribution in [0.25, 0.3) is 0 Å². The Labute approximate surface area is 125 Å². The van der Waals surface area contributed by atoms with Crippen LogP contribution in [0.5, 0.6) is 0 Å². The standard InChI is InChI=1S/C18H21FN2/c19-17-7-9-18(10-8-17)20-11-13-21-12-3-6-15-4-1-2-5-16(15)14-21/h1-2,4-5,7-10,20H,3,6,11-14H2. The molecule has 1 heterocycles. The molecule has 0 saturated heterocycles. The first-order valence-corrected chi connectivity index (χ1v) is 7.60. The molecule has 0 amide bonds. The van der Waals surface area contributed by atoms with Crippen LogP contribution in [0.2, 0.25) is 0 Å². The van der Waals surface area contributed by atoms with E-state index in [1.54, 1.807) is 12.1 Å². The Morgan fingerprint density at radius 2 is 1.76 bits per heavy atom. The van der Waals surface area contributed by atoms with Crippen LogP contribution in [0, 0.1) is 5.82 Å². The molecule has 3 heteroatoms. The van der Waals surface area contributed by atoms with Gasteiger partial charge in [0.05, 0.1) is 0 Å². The van der Waals surface area contributed by atoms with E-state index in [0.717, 1.165) is 31.9 Å². The number of anilines is 1. The summed E-state index contributed by atoms with van der Waals surface area (Å²) < 4.78 is 12.8. The quantitative estimate of drug-likeness (QED) is 0.921. The Morgan fingerprint density at radius 1 is 1.00 bits per heavy atom. The van der Waals surface area contributed by atoms with E-state index in [2.05, 4.69) is 34.5 Å². The summed E-state index contributed by atoms with van der Waals surface area (Å²) in [7, 11) is 0. The lowest BCUT2D eigenvalue weighted by Gasteiger charge is -2.21. The van der Waals surface area contributed by atoms with Crippen LogP contribution in [-0.4, -0.2) is 24.5 Å². The highest BCUT2D eigenvalue weighted by molar-refractivity contribution is 5.42. The average Bonchev–Trinajstić information content (AvgIpc) is 2.71. The largest absolute Gasteiger partial charge is 0.384 e. The molecule has 0 saturated carbocycles. The first-order valence-electron chi connectivity index (χ1n) is 7.60. The third-order valence-corrected chi connectivity index (χ3v) is 4.03. The third-order valence-electron chi connectivity index (χ3n) is 4.03. The first kappa shape index (κ1) is 14.1. The van der Waals surface area contributed by atoms with Crippen LogP contribution in [-0.2, 0) is 13.0 Å². The molecule has 0 atom stereocenters. The Morgan fingerprint density at radius 3 is 2.57 bits per heavy atom. The van der Waals surface area contributed by atoms with Crippen molar-refractivity contribution in [2.45, 2.75) is 19.4 Å². The lowest BCUT2D eigenvalue weighted by molar-refractivity contribution is 0.280. The summed E-state index contributed by atoms with van der Waals surface area (Å²) in [4.78, 5) is 2.49. The van der Waals surface area contributed by atoms with Crippen molar-refractivity contribution in [2.75, 3.05) is 25.0 Å². The van der Waals surface area contributed by atoms with Crippen molar-refractivity contribution in [1.29, 1.82) is 0 Å². The van der Waals surface area contributed by atoms with Gasteiger partial charge in [0.2, 0.25) is 0 Å². The van der Waals surface area contributed by atoms with Crippen molar-refractivity contribution in [3.8, 4) is 0 Å². The topological polar surface area (TPSA) is 15.3 Å². The minimum Gasteiger partial charge on any atom is -0.384 e. The molecule has 2 aromatic rings. The molecule has 21 heavy (non-hydrogen) atoms. The summed E-state index contributed by atoms with van der Waals surface area (Å²) in [5.41, 5.74) is 3.93. The van der Waals surface area contributed by atoms with Gasteiger partial charge in [-0.3, -0.25) is 4.90 Å². The van der Waals surface area contributed by atoms with Gasteiger partial charge in [-0.05, 0) is 54.8 Å². The molecule has 0 unspecified atom stereocenters. The van der Waals surface area contributed by atoms with E-state index in [1.165, 1.54) is 36.1 Å². The maximum atomic E-state index is 12.8. The Hall–Kier alpha value is -1.87. The van der Waals surface area contributed by atoms with Crippen molar-refractivity contribution in [2.24, 2.45) is 0 Å². The Balaban J connectivity index is 1.53. The second-order valence-electron chi connectivity index (χ2n) is 5.58. The van der Waals surface area contributed by atoms with Crippen LogP contribution in [0.1, 0.15) is 17.5 Å². The van der Waals surface area contributed by atoms with Crippen LogP contribution in [0.15, 0.2) is 48.5 Å². The van der Waals surface area contributed by atoms with Gasteiger partial charge in [-0.15, -0.1) is 0 Å². The van der Waals surface area contributed by atoms with E-state index in [9.17, 15) is 4.39 Å². The van der Waals surface area contributed by atoms with Gasteiger partial charge in [0, 0.05) is 25.3 Å². The van der Waals surface area contributed by atoms with E-state index < -0.39 is 0 Å². The van der Waals surface area contributed by atoms with Crippen molar-refractivity contribution >= 4 is 5.69 Å². The maximum absolute atomic E-state index is 12.8. The van der Waals surface area contributed by atoms with Crippen LogP contribution in [0.4, 0.5) is 10.1 Å². The average molecular weight is 284 g/mol. The fourth-order valence-electron chi connectivity index (χ4n) is 2.89. The minimum absolute atomic E-state index is 0.190. The van der Waals surface area contributed by atoms with Gasteiger partial charge in [-0.25, -0.2) is 4.39 Å². The number of halogens is 1. The van der Waals surface area contributed by atoms with E-state index in [-0.39, 0.29) is 5.82 Å². The number of benzene rings is 2. The molecule has 2 aromatic carbocycles. The summed E-state index contributed by atoms with van der Waals surface area (Å²) in [5, 5.41) is 3.36. The molecule has 0 radical (unpaired) electrons. The van der Waals surface area contributed by atoms with Crippen LogP contribution >= 0.6 is 0 Å². The predicted molar refractivity (Wildman–Crippen MR) is 84.9 cm³/mol. The number of fused-ring (bicyclic) bond motifs is 1. The van der Waals surface area contributed by atoms with Crippen molar-refractivity contribution in [3.05, 3.63) is 65.5 Å². The summed E-state index contributed by atoms with van der Waals surface area (Å²) in [5.74, 6) is -0.190. The molecule has 0 bridgehead atoms. The van der Waals surface area contributed by atoms with Gasteiger partial charge in [0.15, 0.2) is 0 Å². The molecule has 0 spiro atoms. The van der Waals surface area contributed by atoms with E-state index >= 15 is 0 Å². The molecular formula is C18H21FN2. The summed E-state index contributed by atoms with van der Waals surface area (Å²) in [6.45, 7) is 4.06. The van der Waals surface area contributed by atoms with E-state index in [4.69, 9.17) is 0 Å². The van der Waals surface area contributed by atoms with Gasteiger partial charge in [0.1, 0.15) is 5.82 Å². The Kier molecular flexibility index (Phi) is 4.51. The minimum atomic E-state index is -0.190. The van der Waals surface area contributed by atoms with Crippen LogP contribution < -0.4 is 5.32 Å². The summed E-state index contributed by atoms with van der Waals surface area (Å²) >= 11 is 0. The van der Waals surface area contributed by atoms with Gasteiger partial charge < -0.3 is 5.32 Å². The summed E-state index contributed by atoms with van der Waals surface area (Å²) in [6, 6.07) is 15.3. The van der Waals surface area contributed by atoms with Crippen molar-refractivity contribution < 1.29 is 4.39 Å². The number of hydrogen-bond donors (Lipinski definition) is 1. The highest BCUT2D eigenvalue weighted by Crippen LogP contribution is 2.18. The summed E-state index contributed by atoms with van der Waals surface area (Å²) in [6.07, 6.45) is 2.39. The molecule has 1 aliphatic rings. The second kappa shape index (κ2) is 6.72. The maximum Gasteiger partial charge on any atom is 0.123 e. The molecule has 1 aliphatic heterocycles. The second-order valence-corrected chi connectivity index (χ2v) is 5.58. The normalized spacial score (nSPS) is 15.3. The zero-order chi connectivity index (χ0) is 14.5. The molecule has 3 rings (SSSR count). The number of nitrogens with zero attached hydrogens (tertiary/aromatic N) is 1.